The van der Waals surface area contributed by atoms with Crippen LogP contribution in [0.4, 0.5) is 5.00 Å². The van der Waals surface area contributed by atoms with E-state index in [1.807, 2.05) is 0 Å². The van der Waals surface area contributed by atoms with E-state index in [1.165, 1.54) is 16.2 Å². The van der Waals surface area contributed by atoms with E-state index < -0.39 is 5.91 Å². The Hall–Kier alpha value is -1.42. The van der Waals surface area contributed by atoms with Gasteiger partial charge in [0.2, 0.25) is 5.91 Å². The monoisotopic (exact) mass is 430 g/mol. The van der Waals surface area contributed by atoms with Crippen molar-refractivity contribution in [1.29, 1.82) is 0 Å². The Balaban J connectivity index is 1.81. The number of hydrogen-bond donors (Lipinski definition) is 2. The first-order chi connectivity index (χ1) is 10.5. The number of carbonyl (C=O) groups is 2. The van der Waals surface area contributed by atoms with E-state index in [2.05, 4.69) is 33.0 Å². The SMILES string of the molecule is NC(=O)c1c(NC(=O)Cn2cc(I)cn2)sc2c1CCCC2. The molecule has 0 fully saturated rings. The Labute approximate surface area is 145 Å². The standard InChI is InChI=1S/C14H15IN4O2S/c15-8-5-17-19(6-8)7-11(20)18-14-12(13(16)21)9-3-1-2-4-10(9)22-14/h5-6H,1-4,7H2,(H2,16,21)(H,18,20). The molecule has 0 unspecified atom stereocenters. The molecule has 2 amide bonds. The highest BCUT2D eigenvalue weighted by molar-refractivity contribution is 14.1. The van der Waals surface area contributed by atoms with Gasteiger partial charge < -0.3 is 11.1 Å². The molecule has 0 saturated heterocycles. The van der Waals surface area contributed by atoms with Crippen molar-refractivity contribution in [3.63, 3.8) is 0 Å². The zero-order valence-corrected chi connectivity index (χ0v) is 14.7. The molecule has 22 heavy (non-hydrogen) atoms. The molecule has 2 aromatic heterocycles. The van der Waals surface area contributed by atoms with Crippen LogP contribution in [0.25, 0.3) is 0 Å². The lowest BCUT2D eigenvalue weighted by atomic mass is 9.95. The zero-order chi connectivity index (χ0) is 15.7. The smallest absolute Gasteiger partial charge is 0.251 e. The molecule has 1 aliphatic carbocycles. The van der Waals surface area contributed by atoms with Crippen LogP contribution in [0.5, 0.6) is 0 Å². The minimum absolute atomic E-state index is 0.115. The average molecular weight is 430 g/mol. The second-order valence-electron chi connectivity index (χ2n) is 5.18. The molecule has 0 atom stereocenters. The average Bonchev–Trinajstić information content (AvgIpc) is 3.01. The topological polar surface area (TPSA) is 90.0 Å². The molecule has 3 rings (SSSR count). The highest BCUT2D eigenvalue weighted by Crippen LogP contribution is 2.37. The van der Waals surface area contributed by atoms with E-state index in [0.29, 0.717) is 10.6 Å². The van der Waals surface area contributed by atoms with Gasteiger partial charge in [-0.3, -0.25) is 14.3 Å². The molecule has 116 valence electrons. The number of anilines is 1. The molecule has 0 aromatic carbocycles. The lowest BCUT2D eigenvalue weighted by Gasteiger charge is -2.11. The second-order valence-corrected chi connectivity index (χ2v) is 7.53. The fraction of sp³-hybridized carbons (Fsp3) is 0.357. The predicted molar refractivity (Wildman–Crippen MR) is 93.1 cm³/mol. The third kappa shape index (κ3) is 3.17. The number of nitrogens with two attached hydrogens (primary N) is 1. The second kappa shape index (κ2) is 6.37. The summed E-state index contributed by atoms with van der Waals surface area (Å²) in [5, 5.41) is 7.48. The Morgan fingerprint density at radius 1 is 1.41 bits per heavy atom. The van der Waals surface area contributed by atoms with Crippen LogP contribution in [0, 0.1) is 3.57 Å². The van der Waals surface area contributed by atoms with Crippen LogP contribution in [-0.4, -0.2) is 21.6 Å². The van der Waals surface area contributed by atoms with Crippen LogP contribution in [0.2, 0.25) is 0 Å². The summed E-state index contributed by atoms with van der Waals surface area (Å²) in [6, 6.07) is 0. The number of carbonyl (C=O) groups excluding carboxylic acids is 2. The number of aryl methyl sites for hydroxylation is 1. The number of nitrogens with one attached hydrogen (secondary N) is 1. The lowest BCUT2D eigenvalue weighted by molar-refractivity contribution is -0.116. The molecule has 0 radical (unpaired) electrons. The summed E-state index contributed by atoms with van der Waals surface area (Å²) in [6.45, 7) is 0.115. The summed E-state index contributed by atoms with van der Waals surface area (Å²) in [5.74, 6) is -0.677. The van der Waals surface area contributed by atoms with Crippen molar-refractivity contribution in [2.75, 3.05) is 5.32 Å². The van der Waals surface area contributed by atoms with Crippen LogP contribution in [0.15, 0.2) is 12.4 Å². The molecule has 0 spiro atoms. The number of fused-ring (bicyclic) bond motifs is 1. The van der Waals surface area contributed by atoms with Gasteiger partial charge in [-0.15, -0.1) is 11.3 Å². The van der Waals surface area contributed by atoms with Crippen LogP contribution in [0.1, 0.15) is 33.6 Å². The minimum Gasteiger partial charge on any atom is -0.365 e. The normalized spacial score (nSPS) is 13.7. The molecule has 2 aromatic rings. The first-order valence-electron chi connectivity index (χ1n) is 6.96. The summed E-state index contributed by atoms with van der Waals surface area (Å²) >= 11 is 3.61. The molecule has 0 aliphatic heterocycles. The van der Waals surface area contributed by atoms with Crippen LogP contribution in [0.3, 0.4) is 0 Å². The van der Waals surface area contributed by atoms with Gasteiger partial charge in [-0.1, -0.05) is 0 Å². The maximum absolute atomic E-state index is 12.2. The molecule has 6 nitrogen and oxygen atoms in total. The van der Waals surface area contributed by atoms with Crippen molar-refractivity contribution in [3.8, 4) is 0 Å². The number of primary amides is 1. The number of nitrogens with zero attached hydrogens (tertiary/aromatic N) is 2. The fourth-order valence-electron chi connectivity index (χ4n) is 2.65. The summed E-state index contributed by atoms with van der Waals surface area (Å²) < 4.78 is 2.53. The summed E-state index contributed by atoms with van der Waals surface area (Å²) in [4.78, 5) is 25.1. The van der Waals surface area contributed by atoms with Crippen molar-refractivity contribution in [1.82, 2.24) is 9.78 Å². The quantitative estimate of drug-likeness (QED) is 0.729. The number of amides is 2. The minimum atomic E-state index is -0.469. The molecule has 3 N–H and O–H groups in total. The predicted octanol–water partition coefficient (Wildman–Crippen LogP) is 2.17. The van der Waals surface area contributed by atoms with Crippen molar-refractivity contribution in [2.45, 2.75) is 32.2 Å². The highest BCUT2D eigenvalue weighted by atomic mass is 127. The van der Waals surface area contributed by atoms with Crippen LogP contribution < -0.4 is 11.1 Å². The van der Waals surface area contributed by atoms with E-state index in [4.69, 9.17) is 5.73 Å². The number of halogens is 1. The highest BCUT2D eigenvalue weighted by Gasteiger charge is 2.24. The van der Waals surface area contributed by atoms with E-state index in [1.54, 1.807) is 17.1 Å². The first-order valence-corrected chi connectivity index (χ1v) is 8.86. The van der Waals surface area contributed by atoms with E-state index >= 15 is 0 Å². The van der Waals surface area contributed by atoms with Gasteiger partial charge in [-0.2, -0.15) is 5.10 Å². The Bertz CT molecular complexity index is 737. The van der Waals surface area contributed by atoms with E-state index in [0.717, 1.165) is 34.8 Å². The third-order valence-electron chi connectivity index (χ3n) is 3.58. The first kappa shape index (κ1) is 15.5. The third-order valence-corrected chi connectivity index (χ3v) is 5.34. The molecule has 1 aliphatic rings. The summed E-state index contributed by atoms with van der Waals surface area (Å²) in [5.41, 5.74) is 7.02. The van der Waals surface area contributed by atoms with E-state index in [9.17, 15) is 9.59 Å². The Kier molecular flexibility index (Phi) is 4.48. The van der Waals surface area contributed by atoms with Gasteiger partial charge in [0.05, 0.1) is 15.3 Å². The number of thiophene rings is 1. The van der Waals surface area contributed by atoms with Gasteiger partial charge in [-0.05, 0) is 53.8 Å². The number of hydrogen-bond acceptors (Lipinski definition) is 4. The van der Waals surface area contributed by atoms with Crippen LogP contribution >= 0.6 is 33.9 Å². The van der Waals surface area contributed by atoms with Crippen LogP contribution in [-0.2, 0) is 24.2 Å². The zero-order valence-electron chi connectivity index (χ0n) is 11.8. The lowest BCUT2D eigenvalue weighted by Crippen LogP contribution is -2.21. The van der Waals surface area contributed by atoms with Gasteiger partial charge in [0.1, 0.15) is 11.5 Å². The van der Waals surface area contributed by atoms with Gasteiger partial charge in [0.15, 0.2) is 0 Å². The van der Waals surface area contributed by atoms with Gasteiger partial charge in [-0.25, -0.2) is 0 Å². The van der Waals surface area contributed by atoms with Gasteiger partial charge in [0.25, 0.3) is 5.91 Å². The Morgan fingerprint density at radius 3 is 2.86 bits per heavy atom. The van der Waals surface area contributed by atoms with Crippen molar-refractivity contribution < 1.29 is 9.59 Å². The maximum atomic E-state index is 12.2. The number of aromatic nitrogens is 2. The molecule has 0 saturated carbocycles. The largest absolute Gasteiger partial charge is 0.365 e. The van der Waals surface area contributed by atoms with Crippen molar-refractivity contribution in [3.05, 3.63) is 32.0 Å². The van der Waals surface area contributed by atoms with Gasteiger partial charge >= 0.3 is 0 Å². The fourth-order valence-corrected chi connectivity index (χ4v) is 4.41. The summed E-state index contributed by atoms with van der Waals surface area (Å²) in [7, 11) is 0. The van der Waals surface area contributed by atoms with Crippen molar-refractivity contribution in [2.24, 2.45) is 5.73 Å². The van der Waals surface area contributed by atoms with Crippen molar-refractivity contribution >= 4 is 50.7 Å². The number of rotatable bonds is 4. The molecular weight excluding hydrogens is 415 g/mol. The summed E-state index contributed by atoms with van der Waals surface area (Å²) in [6.07, 6.45) is 7.46. The maximum Gasteiger partial charge on any atom is 0.251 e. The van der Waals surface area contributed by atoms with E-state index in [-0.39, 0.29) is 12.5 Å². The molecule has 2 heterocycles. The molecule has 8 heteroatoms. The van der Waals surface area contributed by atoms with Gasteiger partial charge in [0, 0.05) is 11.1 Å². The molecular formula is C14H15IN4O2S. The Morgan fingerprint density at radius 2 is 2.18 bits per heavy atom. The molecule has 0 bridgehead atoms.